The number of aryl methyl sites for hydroxylation is 2. The van der Waals surface area contributed by atoms with E-state index in [9.17, 15) is 4.79 Å². The zero-order valence-corrected chi connectivity index (χ0v) is 13.7. The number of aromatic nitrogens is 3. The number of carbonyl (C=O) groups is 1. The molecule has 124 valence electrons. The Morgan fingerprint density at radius 3 is 3.00 bits per heavy atom. The van der Waals surface area contributed by atoms with Crippen molar-refractivity contribution in [3.05, 3.63) is 23.5 Å². The van der Waals surface area contributed by atoms with Crippen LogP contribution >= 0.6 is 0 Å². The zero-order chi connectivity index (χ0) is 16.4. The van der Waals surface area contributed by atoms with Crippen LogP contribution in [0, 0.1) is 19.8 Å². The third-order valence-corrected chi connectivity index (χ3v) is 4.32. The smallest absolute Gasteiger partial charge is 0.221 e. The Hall–Kier alpha value is -2.15. The van der Waals surface area contributed by atoms with Gasteiger partial charge in [-0.2, -0.15) is 9.61 Å². The molecule has 0 saturated carbocycles. The highest BCUT2D eigenvalue weighted by Crippen LogP contribution is 2.16. The Bertz CT molecular complexity index is 710. The van der Waals surface area contributed by atoms with Crippen LogP contribution in [0.15, 0.2) is 12.1 Å². The fourth-order valence-electron chi connectivity index (χ4n) is 3.17. The number of anilines is 1. The molecule has 0 bridgehead atoms. The Balaban J connectivity index is 1.61. The number of nitrogens with two attached hydrogens (primary N) is 1. The van der Waals surface area contributed by atoms with Crippen LogP contribution in [0.25, 0.3) is 5.65 Å². The molecule has 7 nitrogen and oxygen atoms in total. The highest BCUT2D eigenvalue weighted by molar-refractivity contribution is 5.76. The predicted octanol–water partition coefficient (Wildman–Crippen LogP) is 0.955. The van der Waals surface area contributed by atoms with Crippen molar-refractivity contribution in [2.45, 2.75) is 26.7 Å². The summed E-state index contributed by atoms with van der Waals surface area (Å²) in [5, 5.41) is 7.91. The molecule has 0 spiro atoms. The van der Waals surface area contributed by atoms with E-state index < -0.39 is 0 Å². The van der Waals surface area contributed by atoms with Gasteiger partial charge < -0.3 is 16.0 Å². The lowest BCUT2D eigenvalue weighted by molar-refractivity contribution is -0.123. The van der Waals surface area contributed by atoms with Gasteiger partial charge in [0.1, 0.15) is 5.82 Å². The van der Waals surface area contributed by atoms with Crippen molar-refractivity contribution >= 4 is 17.4 Å². The second kappa shape index (κ2) is 6.54. The van der Waals surface area contributed by atoms with E-state index in [-0.39, 0.29) is 11.8 Å². The van der Waals surface area contributed by atoms with Gasteiger partial charge in [0.15, 0.2) is 5.65 Å². The maximum atomic E-state index is 11.3. The standard InChI is InChI=1S/C16H24N6O/c1-11-8-14(22-15(19-11)9-12(2)20-22)18-5-7-21-6-3-4-13(10-21)16(17)23/h8-9,13,18H,3-7,10H2,1-2H3,(H2,17,23). The third-order valence-electron chi connectivity index (χ3n) is 4.32. The number of fused-ring (bicyclic) bond motifs is 1. The van der Waals surface area contributed by atoms with Crippen LogP contribution < -0.4 is 11.1 Å². The lowest BCUT2D eigenvalue weighted by atomic mass is 9.97. The van der Waals surface area contributed by atoms with Gasteiger partial charge in [-0.1, -0.05) is 0 Å². The van der Waals surface area contributed by atoms with Gasteiger partial charge in [0.2, 0.25) is 5.91 Å². The highest BCUT2D eigenvalue weighted by atomic mass is 16.1. The van der Waals surface area contributed by atoms with Crippen LogP contribution in [0.1, 0.15) is 24.2 Å². The minimum absolute atomic E-state index is 0.00704. The predicted molar refractivity (Wildman–Crippen MR) is 89.3 cm³/mol. The fraction of sp³-hybridized carbons (Fsp3) is 0.562. The molecule has 1 aliphatic rings. The summed E-state index contributed by atoms with van der Waals surface area (Å²) in [6.07, 6.45) is 1.95. The highest BCUT2D eigenvalue weighted by Gasteiger charge is 2.23. The van der Waals surface area contributed by atoms with E-state index in [2.05, 4.69) is 20.3 Å². The Kier molecular flexibility index (Phi) is 4.47. The van der Waals surface area contributed by atoms with Crippen molar-refractivity contribution in [3.8, 4) is 0 Å². The van der Waals surface area contributed by atoms with Gasteiger partial charge >= 0.3 is 0 Å². The van der Waals surface area contributed by atoms with Crippen molar-refractivity contribution in [2.24, 2.45) is 11.7 Å². The number of hydrogen-bond acceptors (Lipinski definition) is 5. The molecule has 0 aliphatic carbocycles. The van der Waals surface area contributed by atoms with E-state index in [0.29, 0.717) is 0 Å². The molecular formula is C16H24N6O. The maximum Gasteiger partial charge on any atom is 0.221 e. The van der Waals surface area contributed by atoms with E-state index in [1.54, 1.807) is 0 Å². The average molecular weight is 316 g/mol. The first-order chi connectivity index (χ1) is 11.0. The minimum atomic E-state index is -0.179. The monoisotopic (exact) mass is 316 g/mol. The van der Waals surface area contributed by atoms with Gasteiger partial charge in [-0.25, -0.2) is 4.98 Å². The van der Waals surface area contributed by atoms with Crippen molar-refractivity contribution < 1.29 is 4.79 Å². The van der Waals surface area contributed by atoms with Gasteiger partial charge in [0, 0.05) is 37.5 Å². The molecule has 3 heterocycles. The summed E-state index contributed by atoms with van der Waals surface area (Å²) in [6, 6.07) is 3.97. The number of nitrogens with zero attached hydrogens (tertiary/aromatic N) is 4. The van der Waals surface area contributed by atoms with Crippen molar-refractivity contribution in [1.82, 2.24) is 19.5 Å². The van der Waals surface area contributed by atoms with Crippen LogP contribution in [0.4, 0.5) is 5.82 Å². The molecule has 3 N–H and O–H groups in total. The Labute approximate surface area is 135 Å². The summed E-state index contributed by atoms with van der Waals surface area (Å²) in [5.74, 6) is 0.762. The van der Waals surface area contributed by atoms with Crippen LogP contribution in [-0.2, 0) is 4.79 Å². The number of piperidine rings is 1. The quantitative estimate of drug-likeness (QED) is 0.857. The van der Waals surface area contributed by atoms with E-state index >= 15 is 0 Å². The molecule has 0 aromatic carbocycles. The molecule has 1 amide bonds. The maximum absolute atomic E-state index is 11.3. The fourth-order valence-corrected chi connectivity index (χ4v) is 3.17. The molecule has 0 radical (unpaired) electrons. The second-order valence-corrected chi connectivity index (χ2v) is 6.31. The first-order valence-corrected chi connectivity index (χ1v) is 8.12. The summed E-state index contributed by atoms with van der Waals surface area (Å²) in [5.41, 5.74) is 8.20. The van der Waals surface area contributed by atoms with Gasteiger partial charge in [-0.3, -0.25) is 4.79 Å². The molecule has 2 aromatic rings. The molecule has 1 fully saturated rings. The molecule has 7 heteroatoms. The number of primary amides is 1. The first-order valence-electron chi connectivity index (χ1n) is 8.12. The van der Waals surface area contributed by atoms with Crippen LogP contribution in [0.5, 0.6) is 0 Å². The van der Waals surface area contributed by atoms with Crippen molar-refractivity contribution in [1.29, 1.82) is 0 Å². The van der Waals surface area contributed by atoms with E-state index in [4.69, 9.17) is 5.73 Å². The lowest BCUT2D eigenvalue weighted by Crippen LogP contribution is -2.42. The molecule has 1 aliphatic heterocycles. The topological polar surface area (TPSA) is 88.5 Å². The molecule has 3 rings (SSSR count). The number of hydrogen-bond donors (Lipinski definition) is 2. The summed E-state index contributed by atoms with van der Waals surface area (Å²) >= 11 is 0. The summed E-state index contributed by atoms with van der Waals surface area (Å²) in [4.78, 5) is 18.1. The van der Waals surface area contributed by atoms with Crippen LogP contribution in [-0.4, -0.2) is 51.6 Å². The minimum Gasteiger partial charge on any atom is -0.369 e. The van der Waals surface area contributed by atoms with Crippen LogP contribution in [0.2, 0.25) is 0 Å². The normalized spacial score (nSPS) is 19.1. The van der Waals surface area contributed by atoms with Crippen molar-refractivity contribution in [2.75, 3.05) is 31.5 Å². The average Bonchev–Trinajstić information content (AvgIpc) is 2.87. The van der Waals surface area contributed by atoms with Gasteiger partial charge in [-0.15, -0.1) is 0 Å². The summed E-state index contributed by atoms with van der Waals surface area (Å²) in [7, 11) is 0. The number of nitrogens with one attached hydrogen (secondary N) is 1. The van der Waals surface area contributed by atoms with Crippen LogP contribution in [0.3, 0.4) is 0 Å². The Morgan fingerprint density at radius 1 is 1.39 bits per heavy atom. The molecular weight excluding hydrogens is 292 g/mol. The summed E-state index contributed by atoms with van der Waals surface area (Å²) in [6.45, 7) is 7.41. The number of carbonyl (C=O) groups excluding carboxylic acids is 1. The first kappa shape index (κ1) is 15.7. The third kappa shape index (κ3) is 3.61. The molecule has 23 heavy (non-hydrogen) atoms. The van der Waals surface area contributed by atoms with Gasteiger partial charge in [-0.05, 0) is 33.2 Å². The van der Waals surface area contributed by atoms with Gasteiger partial charge in [0.05, 0.1) is 11.6 Å². The Morgan fingerprint density at radius 2 is 2.22 bits per heavy atom. The zero-order valence-electron chi connectivity index (χ0n) is 13.7. The number of rotatable bonds is 5. The van der Waals surface area contributed by atoms with Crippen molar-refractivity contribution in [3.63, 3.8) is 0 Å². The molecule has 1 saturated heterocycles. The second-order valence-electron chi connectivity index (χ2n) is 6.31. The van der Waals surface area contributed by atoms with E-state index in [0.717, 1.165) is 61.9 Å². The number of amides is 1. The lowest BCUT2D eigenvalue weighted by Gasteiger charge is -2.31. The molecule has 1 atom stereocenters. The largest absolute Gasteiger partial charge is 0.369 e. The molecule has 2 aromatic heterocycles. The number of likely N-dealkylation sites (tertiary alicyclic amines) is 1. The molecule has 1 unspecified atom stereocenters. The SMILES string of the molecule is Cc1cc(NCCN2CCCC(C(N)=O)C2)n2nc(C)cc2n1. The van der Waals surface area contributed by atoms with E-state index in [1.807, 2.05) is 30.5 Å². The summed E-state index contributed by atoms with van der Waals surface area (Å²) < 4.78 is 1.84. The van der Waals surface area contributed by atoms with Gasteiger partial charge in [0.25, 0.3) is 0 Å². The van der Waals surface area contributed by atoms with E-state index in [1.165, 1.54) is 0 Å².